The molecule has 0 aliphatic carbocycles. The van der Waals surface area contributed by atoms with Crippen LogP contribution in [0.3, 0.4) is 0 Å². The average Bonchev–Trinajstić information content (AvgIpc) is 2.16. The predicted octanol–water partition coefficient (Wildman–Crippen LogP) is 2.62. The van der Waals surface area contributed by atoms with Crippen molar-refractivity contribution in [3.8, 4) is 0 Å². The Labute approximate surface area is 96.1 Å². The second-order valence-corrected chi connectivity index (χ2v) is 4.53. The summed E-state index contributed by atoms with van der Waals surface area (Å²) in [6.07, 6.45) is 0. The van der Waals surface area contributed by atoms with Crippen LogP contribution in [0, 0.1) is 18.7 Å². The standard InChI is InChI=1S/C13H19FO2/c1-9(2)13(15,8-16-4)11-5-10(3)6-12(14)7-11/h5-7,9,15H,8H2,1-4H3. The summed E-state index contributed by atoms with van der Waals surface area (Å²) in [7, 11) is 1.53. The third kappa shape index (κ3) is 2.60. The largest absolute Gasteiger partial charge is 0.382 e. The van der Waals surface area contributed by atoms with Gasteiger partial charge in [0.05, 0.1) is 6.61 Å². The van der Waals surface area contributed by atoms with Gasteiger partial charge in [0, 0.05) is 7.11 Å². The van der Waals surface area contributed by atoms with Crippen molar-refractivity contribution in [1.29, 1.82) is 0 Å². The molecular weight excluding hydrogens is 207 g/mol. The molecule has 16 heavy (non-hydrogen) atoms. The van der Waals surface area contributed by atoms with Gasteiger partial charge >= 0.3 is 0 Å². The molecule has 0 aliphatic rings. The molecule has 1 N–H and O–H groups in total. The highest BCUT2D eigenvalue weighted by molar-refractivity contribution is 5.29. The first kappa shape index (κ1) is 13.1. The topological polar surface area (TPSA) is 29.5 Å². The monoisotopic (exact) mass is 226 g/mol. The molecule has 1 unspecified atom stereocenters. The fourth-order valence-electron chi connectivity index (χ4n) is 1.79. The quantitative estimate of drug-likeness (QED) is 0.855. The molecule has 0 aromatic heterocycles. The molecule has 0 bridgehead atoms. The SMILES string of the molecule is COCC(O)(c1cc(C)cc(F)c1)C(C)C. The smallest absolute Gasteiger partial charge is 0.123 e. The Morgan fingerprint density at radius 3 is 2.44 bits per heavy atom. The predicted molar refractivity (Wildman–Crippen MR) is 61.7 cm³/mol. The minimum absolute atomic E-state index is 0.0475. The van der Waals surface area contributed by atoms with E-state index in [1.54, 1.807) is 13.0 Å². The molecule has 0 amide bonds. The number of aliphatic hydroxyl groups is 1. The van der Waals surface area contributed by atoms with Crippen LogP contribution in [-0.4, -0.2) is 18.8 Å². The van der Waals surface area contributed by atoms with Crippen LogP contribution < -0.4 is 0 Å². The first-order chi connectivity index (χ1) is 7.40. The molecule has 1 rings (SSSR count). The van der Waals surface area contributed by atoms with Crippen molar-refractivity contribution >= 4 is 0 Å². The molecular formula is C13H19FO2. The fraction of sp³-hybridized carbons (Fsp3) is 0.538. The van der Waals surface area contributed by atoms with Gasteiger partial charge in [-0.2, -0.15) is 0 Å². The number of hydrogen-bond acceptors (Lipinski definition) is 2. The van der Waals surface area contributed by atoms with Crippen molar-refractivity contribution in [3.63, 3.8) is 0 Å². The summed E-state index contributed by atoms with van der Waals surface area (Å²) in [4.78, 5) is 0. The molecule has 0 saturated carbocycles. The first-order valence-electron chi connectivity index (χ1n) is 5.39. The molecule has 0 fully saturated rings. The van der Waals surface area contributed by atoms with E-state index in [4.69, 9.17) is 4.74 Å². The van der Waals surface area contributed by atoms with E-state index in [-0.39, 0.29) is 18.3 Å². The second-order valence-electron chi connectivity index (χ2n) is 4.53. The van der Waals surface area contributed by atoms with E-state index in [0.717, 1.165) is 5.56 Å². The Morgan fingerprint density at radius 2 is 2.00 bits per heavy atom. The summed E-state index contributed by atoms with van der Waals surface area (Å²) in [6.45, 7) is 5.74. The van der Waals surface area contributed by atoms with Crippen molar-refractivity contribution in [1.82, 2.24) is 0 Å². The minimum atomic E-state index is -1.14. The van der Waals surface area contributed by atoms with Gasteiger partial charge in [0.2, 0.25) is 0 Å². The minimum Gasteiger partial charge on any atom is -0.382 e. The molecule has 3 heteroatoms. The summed E-state index contributed by atoms with van der Waals surface area (Å²) in [5.41, 5.74) is 0.230. The maximum Gasteiger partial charge on any atom is 0.123 e. The molecule has 0 heterocycles. The molecule has 1 atom stereocenters. The number of benzene rings is 1. The summed E-state index contributed by atoms with van der Waals surface area (Å²) >= 11 is 0. The van der Waals surface area contributed by atoms with Gasteiger partial charge < -0.3 is 9.84 Å². The van der Waals surface area contributed by atoms with E-state index in [2.05, 4.69) is 0 Å². The van der Waals surface area contributed by atoms with Crippen molar-refractivity contribution in [2.75, 3.05) is 13.7 Å². The van der Waals surface area contributed by atoms with Gasteiger partial charge in [0.25, 0.3) is 0 Å². The molecule has 90 valence electrons. The first-order valence-corrected chi connectivity index (χ1v) is 5.39. The van der Waals surface area contributed by atoms with Crippen LogP contribution in [0.1, 0.15) is 25.0 Å². The highest BCUT2D eigenvalue weighted by Gasteiger charge is 2.33. The summed E-state index contributed by atoms with van der Waals surface area (Å²) in [5.74, 6) is -0.376. The van der Waals surface area contributed by atoms with Crippen LogP contribution in [0.4, 0.5) is 4.39 Å². The van der Waals surface area contributed by atoms with Crippen molar-refractivity contribution in [2.24, 2.45) is 5.92 Å². The maximum atomic E-state index is 13.3. The van der Waals surface area contributed by atoms with Crippen LogP contribution in [0.25, 0.3) is 0 Å². The molecule has 1 aromatic rings. The highest BCUT2D eigenvalue weighted by Crippen LogP contribution is 2.30. The number of aryl methyl sites for hydroxylation is 1. The lowest BCUT2D eigenvalue weighted by molar-refractivity contribution is -0.0702. The molecule has 0 spiro atoms. The van der Waals surface area contributed by atoms with Gasteiger partial charge in [0.1, 0.15) is 11.4 Å². The second kappa shape index (κ2) is 4.93. The molecule has 0 aliphatic heterocycles. The van der Waals surface area contributed by atoms with Crippen molar-refractivity contribution in [2.45, 2.75) is 26.4 Å². The fourth-order valence-corrected chi connectivity index (χ4v) is 1.79. The van der Waals surface area contributed by atoms with Crippen LogP contribution in [0.5, 0.6) is 0 Å². The Kier molecular flexibility index (Phi) is 4.05. The van der Waals surface area contributed by atoms with Crippen molar-refractivity contribution in [3.05, 3.63) is 35.1 Å². The Balaban J connectivity index is 3.20. The summed E-state index contributed by atoms with van der Waals surface area (Å²) < 4.78 is 18.3. The Bertz CT molecular complexity index is 343. The lowest BCUT2D eigenvalue weighted by Gasteiger charge is -2.32. The number of hydrogen-bond donors (Lipinski definition) is 1. The van der Waals surface area contributed by atoms with E-state index < -0.39 is 5.60 Å². The lowest BCUT2D eigenvalue weighted by atomic mass is 9.83. The maximum absolute atomic E-state index is 13.3. The molecule has 0 saturated heterocycles. The average molecular weight is 226 g/mol. The van der Waals surface area contributed by atoms with Crippen molar-refractivity contribution < 1.29 is 14.2 Å². The van der Waals surface area contributed by atoms with Crippen LogP contribution >= 0.6 is 0 Å². The van der Waals surface area contributed by atoms with E-state index >= 15 is 0 Å². The molecule has 2 nitrogen and oxygen atoms in total. The Morgan fingerprint density at radius 1 is 1.38 bits per heavy atom. The van der Waals surface area contributed by atoms with Gasteiger partial charge in [-0.3, -0.25) is 0 Å². The van der Waals surface area contributed by atoms with Crippen LogP contribution in [0.2, 0.25) is 0 Å². The normalized spacial score (nSPS) is 15.2. The van der Waals surface area contributed by atoms with E-state index in [1.807, 2.05) is 13.8 Å². The molecule has 0 radical (unpaired) electrons. The zero-order chi connectivity index (χ0) is 12.3. The van der Waals surface area contributed by atoms with E-state index in [0.29, 0.717) is 5.56 Å². The number of ether oxygens (including phenoxy) is 1. The van der Waals surface area contributed by atoms with Gasteiger partial charge in [0.15, 0.2) is 0 Å². The van der Waals surface area contributed by atoms with E-state index in [1.165, 1.54) is 19.2 Å². The number of halogens is 1. The van der Waals surface area contributed by atoms with Gasteiger partial charge in [-0.15, -0.1) is 0 Å². The van der Waals surface area contributed by atoms with Crippen LogP contribution in [-0.2, 0) is 10.3 Å². The number of methoxy groups -OCH3 is 1. The zero-order valence-corrected chi connectivity index (χ0v) is 10.2. The summed E-state index contributed by atoms with van der Waals surface area (Å²) in [5, 5.41) is 10.5. The van der Waals surface area contributed by atoms with E-state index in [9.17, 15) is 9.50 Å². The third-order valence-corrected chi connectivity index (χ3v) is 2.86. The third-order valence-electron chi connectivity index (χ3n) is 2.86. The summed E-state index contributed by atoms with van der Waals surface area (Å²) in [6, 6.07) is 4.60. The van der Waals surface area contributed by atoms with Gasteiger partial charge in [-0.1, -0.05) is 19.9 Å². The zero-order valence-electron chi connectivity index (χ0n) is 10.2. The van der Waals surface area contributed by atoms with Gasteiger partial charge in [-0.25, -0.2) is 4.39 Å². The lowest BCUT2D eigenvalue weighted by Crippen LogP contribution is -2.37. The Hall–Kier alpha value is -0.930. The van der Waals surface area contributed by atoms with Gasteiger partial charge in [-0.05, 0) is 36.1 Å². The number of rotatable bonds is 4. The molecule has 1 aromatic carbocycles. The highest BCUT2D eigenvalue weighted by atomic mass is 19.1. The van der Waals surface area contributed by atoms with Crippen LogP contribution in [0.15, 0.2) is 18.2 Å².